The molecule has 0 radical (unpaired) electrons. The van der Waals surface area contributed by atoms with Crippen LogP contribution in [0.1, 0.15) is 51.7 Å². The fourth-order valence-electron chi connectivity index (χ4n) is 4.35. The molecule has 5 nitrogen and oxygen atoms in total. The summed E-state index contributed by atoms with van der Waals surface area (Å²) in [7, 11) is 0. The van der Waals surface area contributed by atoms with Crippen LogP contribution in [0.3, 0.4) is 0 Å². The topological polar surface area (TPSA) is 65.5 Å². The van der Waals surface area contributed by atoms with Crippen molar-refractivity contribution in [3.8, 4) is 11.6 Å². The average molecular weight is 452 g/mol. The van der Waals surface area contributed by atoms with Gasteiger partial charge in [0.25, 0.3) is 0 Å². The van der Waals surface area contributed by atoms with Crippen LogP contribution in [0.2, 0.25) is 5.02 Å². The molecule has 3 aromatic rings. The van der Waals surface area contributed by atoms with Crippen LogP contribution in [-0.2, 0) is 20.7 Å². The summed E-state index contributed by atoms with van der Waals surface area (Å²) in [5.74, 6) is -0.588. The maximum absolute atomic E-state index is 13.3. The van der Waals surface area contributed by atoms with Gasteiger partial charge in [-0.1, -0.05) is 42.8 Å². The Labute approximate surface area is 192 Å². The molecule has 32 heavy (non-hydrogen) atoms. The highest BCUT2D eigenvalue weighted by Gasteiger charge is 2.53. The molecule has 2 heterocycles. The Morgan fingerprint density at radius 1 is 1.00 bits per heavy atom. The summed E-state index contributed by atoms with van der Waals surface area (Å²) >= 11 is 6.41. The van der Waals surface area contributed by atoms with Crippen molar-refractivity contribution in [2.24, 2.45) is 0 Å². The first-order valence-electron chi connectivity index (χ1n) is 10.7. The van der Waals surface area contributed by atoms with Gasteiger partial charge in [-0.25, -0.2) is 4.98 Å². The summed E-state index contributed by atoms with van der Waals surface area (Å²) < 4.78 is 11.9. The molecule has 0 spiro atoms. The summed E-state index contributed by atoms with van der Waals surface area (Å²) in [6.45, 7) is 8.84. The van der Waals surface area contributed by atoms with Crippen LogP contribution in [0.4, 0.5) is 0 Å². The van der Waals surface area contributed by atoms with E-state index in [0.29, 0.717) is 28.6 Å². The molecule has 6 heteroatoms. The number of aromatic nitrogens is 1. The molecule has 2 aromatic carbocycles. The molecule has 1 saturated heterocycles. The smallest absolute Gasteiger partial charge is 0.221 e. The van der Waals surface area contributed by atoms with Gasteiger partial charge in [-0.2, -0.15) is 0 Å². The molecule has 0 atom stereocenters. The van der Waals surface area contributed by atoms with E-state index in [-0.39, 0.29) is 11.6 Å². The van der Waals surface area contributed by atoms with Crippen molar-refractivity contribution in [3.05, 3.63) is 64.7 Å². The highest BCUT2D eigenvalue weighted by molar-refractivity contribution is 6.35. The number of fused-ring (bicyclic) bond motifs is 1. The summed E-state index contributed by atoms with van der Waals surface area (Å²) in [4.78, 5) is 31.0. The van der Waals surface area contributed by atoms with E-state index in [9.17, 15) is 9.59 Å². The standard InChI is InChI=1S/C26H26ClNO4/c1-6-15-11-12-16(31-21-14-19(27)17-9-7-8-10-20(17)28-21)13-18(15)22-23(29)25(2,3)32-26(4,5)24(22)30/h7-14,22H,6H2,1-5H3. The Balaban J connectivity index is 1.77. The third-order valence-electron chi connectivity index (χ3n) is 5.90. The van der Waals surface area contributed by atoms with Crippen LogP contribution in [0, 0.1) is 0 Å². The molecule has 0 aliphatic carbocycles. The second-order valence-corrected chi connectivity index (χ2v) is 9.47. The highest BCUT2D eigenvalue weighted by atomic mass is 35.5. The van der Waals surface area contributed by atoms with E-state index in [1.54, 1.807) is 39.8 Å². The zero-order valence-corrected chi connectivity index (χ0v) is 19.6. The Bertz CT molecular complexity index is 1210. The molecule has 0 saturated carbocycles. The van der Waals surface area contributed by atoms with Gasteiger partial charge in [0.2, 0.25) is 5.88 Å². The largest absolute Gasteiger partial charge is 0.439 e. The van der Waals surface area contributed by atoms with Crippen molar-refractivity contribution in [2.45, 2.75) is 58.2 Å². The Hall–Kier alpha value is -2.76. The Morgan fingerprint density at radius 3 is 2.31 bits per heavy atom. The van der Waals surface area contributed by atoms with E-state index in [1.165, 1.54) is 0 Å². The maximum Gasteiger partial charge on any atom is 0.221 e. The predicted octanol–water partition coefficient (Wildman–Crippen LogP) is 6.05. The number of carbonyl (C=O) groups excluding carboxylic acids is 2. The Morgan fingerprint density at radius 2 is 1.66 bits per heavy atom. The van der Waals surface area contributed by atoms with Crippen LogP contribution in [0.25, 0.3) is 10.9 Å². The number of hydrogen-bond acceptors (Lipinski definition) is 5. The van der Waals surface area contributed by atoms with Crippen LogP contribution >= 0.6 is 11.6 Å². The monoisotopic (exact) mass is 451 g/mol. The third kappa shape index (κ3) is 3.91. The maximum atomic E-state index is 13.3. The third-order valence-corrected chi connectivity index (χ3v) is 6.21. The van der Waals surface area contributed by atoms with E-state index < -0.39 is 17.1 Å². The summed E-state index contributed by atoms with van der Waals surface area (Å²) in [5, 5.41) is 1.38. The van der Waals surface area contributed by atoms with Gasteiger partial charge in [0, 0.05) is 11.5 Å². The zero-order valence-electron chi connectivity index (χ0n) is 18.9. The van der Waals surface area contributed by atoms with Crippen LogP contribution in [0.15, 0.2) is 48.5 Å². The second-order valence-electron chi connectivity index (χ2n) is 9.06. The number of rotatable bonds is 4. The lowest BCUT2D eigenvalue weighted by molar-refractivity contribution is -0.184. The number of ether oxygens (including phenoxy) is 2. The van der Waals surface area contributed by atoms with Gasteiger partial charge in [0.15, 0.2) is 11.6 Å². The number of ketones is 2. The number of hydrogen-bond donors (Lipinski definition) is 0. The first-order valence-corrected chi connectivity index (χ1v) is 11.1. The lowest BCUT2D eigenvalue weighted by Crippen LogP contribution is -2.58. The summed E-state index contributed by atoms with van der Waals surface area (Å²) in [6.07, 6.45) is 0.675. The van der Waals surface area contributed by atoms with Gasteiger partial charge in [-0.05, 0) is 63.4 Å². The van der Waals surface area contributed by atoms with E-state index >= 15 is 0 Å². The molecule has 0 amide bonds. The first-order chi connectivity index (χ1) is 15.0. The average Bonchev–Trinajstić information content (AvgIpc) is 2.72. The van der Waals surface area contributed by atoms with Gasteiger partial charge in [0.05, 0.1) is 10.5 Å². The molecule has 1 aliphatic rings. The number of pyridine rings is 1. The van der Waals surface area contributed by atoms with E-state index in [2.05, 4.69) is 4.98 Å². The molecule has 1 fully saturated rings. The van der Waals surface area contributed by atoms with Crippen molar-refractivity contribution in [1.82, 2.24) is 4.98 Å². The van der Waals surface area contributed by atoms with Gasteiger partial charge < -0.3 is 9.47 Å². The molecule has 1 aliphatic heterocycles. The van der Waals surface area contributed by atoms with Crippen LogP contribution in [0.5, 0.6) is 11.6 Å². The molecular weight excluding hydrogens is 426 g/mol. The highest BCUT2D eigenvalue weighted by Crippen LogP contribution is 2.41. The van der Waals surface area contributed by atoms with Crippen molar-refractivity contribution < 1.29 is 19.1 Å². The van der Waals surface area contributed by atoms with Crippen LogP contribution in [-0.4, -0.2) is 27.8 Å². The first kappa shape index (κ1) is 22.4. The molecule has 0 bridgehead atoms. The number of nitrogens with zero attached hydrogens (tertiary/aromatic N) is 1. The number of aryl methyl sites for hydroxylation is 1. The lowest BCUT2D eigenvalue weighted by Gasteiger charge is -2.43. The van der Waals surface area contributed by atoms with E-state index in [0.717, 1.165) is 16.5 Å². The number of Topliss-reactive ketones (excluding diaryl/α,β-unsaturated/α-hetero) is 2. The van der Waals surface area contributed by atoms with Crippen molar-refractivity contribution >= 4 is 34.1 Å². The van der Waals surface area contributed by atoms with Crippen molar-refractivity contribution in [3.63, 3.8) is 0 Å². The Kier molecular flexibility index (Phi) is 5.60. The van der Waals surface area contributed by atoms with Gasteiger partial charge in [-0.15, -0.1) is 0 Å². The molecule has 4 rings (SSSR count). The number of para-hydroxylation sites is 1. The number of halogens is 1. The molecular formula is C26H26ClNO4. The molecule has 1 aromatic heterocycles. The fraction of sp³-hybridized carbons (Fsp3) is 0.346. The molecule has 166 valence electrons. The minimum absolute atomic E-state index is 0.249. The number of benzene rings is 2. The summed E-state index contributed by atoms with van der Waals surface area (Å²) in [6, 6.07) is 14.7. The second kappa shape index (κ2) is 7.98. The van der Waals surface area contributed by atoms with E-state index in [1.807, 2.05) is 43.3 Å². The van der Waals surface area contributed by atoms with Crippen LogP contribution < -0.4 is 4.74 Å². The normalized spacial score (nSPS) is 18.2. The number of carbonyl (C=O) groups is 2. The minimum atomic E-state index is -1.07. The van der Waals surface area contributed by atoms with E-state index in [4.69, 9.17) is 21.1 Å². The SMILES string of the molecule is CCc1ccc(Oc2cc(Cl)c3ccccc3n2)cc1C1C(=O)C(C)(C)OC(C)(C)C1=O. The molecule has 0 unspecified atom stereocenters. The lowest BCUT2D eigenvalue weighted by atomic mass is 9.73. The van der Waals surface area contributed by atoms with Crippen molar-refractivity contribution in [1.29, 1.82) is 0 Å². The zero-order chi connectivity index (χ0) is 23.3. The fourth-order valence-corrected chi connectivity index (χ4v) is 4.60. The van der Waals surface area contributed by atoms with Gasteiger partial charge >= 0.3 is 0 Å². The quantitative estimate of drug-likeness (QED) is 0.451. The summed E-state index contributed by atoms with van der Waals surface area (Å²) in [5.41, 5.74) is 0.145. The predicted molar refractivity (Wildman–Crippen MR) is 125 cm³/mol. The van der Waals surface area contributed by atoms with Gasteiger partial charge in [0.1, 0.15) is 22.9 Å². The van der Waals surface area contributed by atoms with Gasteiger partial charge in [-0.3, -0.25) is 9.59 Å². The minimum Gasteiger partial charge on any atom is -0.439 e. The molecule has 0 N–H and O–H groups in total. The van der Waals surface area contributed by atoms with Crippen molar-refractivity contribution in [2.75, 3.05) is 0 Å².